The number of anilines is 1. The second-order valence-corrected chi connectivity index (χ2v) is 11.4. The zero-order valence-corrected chi connectivity index (χ0v) is 23.4. The Balaban J connectivity index is 1.52. The minimum atomic E-state index is -0.720. The molecule has 10 nitrogen and oxygen atoms in total. The molecule has 3 heterocycles. The van der Waals surface area contributed by atoms with Crippen LogP contribution in [0.15, 0.2) is 34.1 Å². The number of carbonyl (C=O) groups excluding carboxylic acids is 2. The summed E-state index contributed by atoms with van der Waals surface area (Å²) >= 11 is 0. The molecule has 2 aliphatic carbocycles. The van der Waals surface area contributed by atoms with E-state index in [0.29, 0.717) is 61.7 Å². The van der Waals surface area contributed by atoms with Crippen LogP contribution in [0.4, 0.5) is 5.82 Å². The lowest BCUT2D eigenvalue weighted by atomic mass is 9.64. The Hall–Kier alpha value is -3.27. The summed E-state index contributed by atoms with van der Waals surface area (Å²) < 4.78 is 6.36. The highest BCUT2D eigenvalue weighted by Crippen LogP contribution is 2.47. The Morgan fingerprint density at radius 2 is 2.00 bits per heavy atom. The minimum absolute atomic E-state index is 0.0490. The van der Waals surface area contributed by atoms with Gasteiger partial charge in [-0.05, 0) is 65.5 Å². The molecule has 0 aromatic carbocycles. The number of allylic oxidation sites excluding steroid dienone is 2. The first-order chi connectivity index (χ1) is 18.8. The fraction of sp³-hybridized carbons (Fsp3) is 0.621. The number of hydrogen-bond donors (Lipinski definition) is 2. The molecule has 1 spiro atoms. The second kappa shape index (κ2) is 11.1. The number of likely N-dealkylation sites (N-methyl/N-ethyl adjacent to an activating group) is 1. The van der Waals surface area contributed by atoms with Gasteiger partial charge in [-0.1, -0.05) is 6.42 Å². The maximum absolute atomic E-state index is 14.0. The largest absolute Gasteiger partial charge is 0.473 e. The fourth-order valence-electron chi connectivity index (χ4n) is 6.83. The van der Waals surface area contributed by atoms with Crippen molar-refractivity contribution in [3.05, 3.63) is 34.9 Å². The summed E-state index contributed by atoms with van der Waals surface area (Å²) in [5, 5.41) is 0. The van der Waals surface area contributed by atoms with Crippen LogP contribution >= 0.6 is 0 Å². The number of Topliss-reactive ketones (excluding diaryl/α,β-unsaturated/α-hetero) is 2. The minimum Gasteiger partial charge on any atom is -0.473 e. The molecule has 1 saturated carbocycles. The molecule has 2 saturated heterocycles. The Bertz CT molecular complexity index is 1220. The highest BCUT2D eigenvalue weighted by molar-refractivity contribution is 6.09. The third kappa shape index (κ3) is 5.06. The number of carbonyl (C=O) groups is 2. The lowest BCUT2D eigenvalue weighted by molar-refractivity contribution is -0.129. The lowest BCUT2D eigenvalue weighted by Gasteiger charge is -2.40. The summed E-state index contributed by atoms with van der Waals surface area (Å²) in [5.41, 5.74) is 14.5. The van der Waals surface area contributed by atoms with E-state index in [9.17, 15) is 9.59 Å². The molecule has 0 radical (unpaired) electrons. The quantitative estimate of drug-likeness (QED) is 0.526. The van der Waals surface area contributed by atoms with Gasteiger partial charge in [0.2, 0.25) is 17.5 Å². The number of likely N-dealkylation sites (tertiary alicyclic amines) is 1. The molecular formula is C29H41N7O3. The third-order valence-corrected chi connectivity index (χ3v) is 9.12. The smallest absolute Gasteiger partial charge is 0.228 e. The SMILES string of the molecule is CN=C1CN(c2cc(O[C@@H](C)[C@@H]3CCCN3C)nc(C(=O)C3=C(N)[C@]4(CCCCC4=O)CCC3)n2)CC1=CN. The summed E-state index contributed by atoms with van der Waals surface area (Å²) in [4.78, 5) is 45.0. The van der Waals surface area contributed by atoms with Crippen molar-refractivity contribution in [2.24, 2.45) is 21.9 Å². The Morgan fingerprint density at radius 3 is 2.67 bits per heavy atom. The standard InChI is InChI=1S/C29H41N7O3/c1-18(22-9-7-13-35(22)3)39-25-14-24(36-16-19(15-30)21(17-36)32-2)33-28(34-25)26(38)20-8-6-12-29(27(20)31)11-5-4-10-23(29)37/h14-15,18,22H,4-13,16-17,30-31H2,1-3H3/t18-,22-,29+/m0/s1. The number of ketones is 2. The number of nitrogens with zero attached hydrogens (tertiary/aromatic N) is 5. The van der Waals surface area contributed by atoms with Crippen LogP contribution < -0.4 is 21.1 Å². The summed E-state index contributed by atoms with van der Waals surface area (Å²) in [6.07, 6.45) is 8.65. The molecule has 3 atom stereocenters. The molecule has 2 aliphatic heterocycles. The zero-order chi connectivity index (χ0) is 27.7. The maximum Gasteiger partial charge on any atom is 0.228 e. The van der Waals surface area contributed by atoms with Crippen molar-refractivity contribution < 1.29 is 14.3 Å². The van der Waals surface area contributed by atoms with Crippen molar-refractivity contribution in [3.8, 4) is 5.88 Å². The molecule has 4 aliphatic rings. The van der Waals surface area contributed by atoms with E-state index in [2.05, 4.69) is 21.9 Å². The van der Waals surface area contributed by atoms with Crippen LogP contribution in [0.5, 0.6) is 5.88 Å². The number of nitrogens with two attached hydrogens (primary N) is 2. The van der Waals surface area contributed by atoms with Crippen molar-refractivity contribution >= 4 is 23.1 Å². The van der Waals surface area contributed by atoms with Crippen molar-refractivity contribution in [1.82, 2.24) is 14.9 Å². The second-order valence-electron chi connectivity index (χ2n) is 11.4. The van der Waals surface area contributed by atoms with E-state index in [1.807, 2.05) is 11.8 Å². The monoisotopic (exact) mass is 535 g/mol. The van der Waals surface area contributed by atoms with Crippen LogP contribution in [0.25, 0.3) is 0 Å². The number of hydrogen-bond acceptors (Lipinski definition) is 10. The van der Waals surface area contributed by atoms with Gasteiger partial charge in [-0.3, -0.25) is 19.5 Å². The highest BCUT2D eigenvalue weighted by atomic mass is 16.5. The molecule has 10 heteroatoms. The van der Waals surface area contributed by atoms with E-state index in [4.69, 9.17) is 21.2 Å². The van der Waals surface area contributed by atoms with Crippen molar-refractivity contribution in [2.75, 3.05) is 38.6 Å². The molecule has 0 amide bonds. The highest BCUT2D eigenvalue weighted by Gasteiger charge is 2.46. The first kappa shape index (κ1) is 27.3. The van der Waals surface area contributed by atoms with Crippen LogP contribution in [-0.4, -0.2) is 78.0 Å². The summed E-state index contributed by atoms with van der Waals surface area (Å²) in [6.45, 7) is 4.12. The maximum atomic E-state index is 14.0. The van der Waals surface area contributed by atoms with Crippen LogP contribution in [0, 0.1) is 5.41 Å². The predicted octanol–water partition coefficient (Wildman–Crippen LogP) is 2.78. The van der Waals surface area contributed by atoms with Gasteiger partial charge < -0.3 is 21.1 Å². The Kier molecular flexibility index (Phi) is 7.75. The van der Waals surface area contributed by atoms with Gasteiger partial charge in [-0.2, -0.15) is 4.98 Å². The number of ether oxygens (including phenoxy) is 1. The third-order valence-electron chi connectivity index (χ3n) is 9.12. The number of aromatic nitrogens is 2. The van der Waals surface area contributed by atoms with E-state index in [1.165, 1.54) is 0 Å². The Morgan fingerprint density at radius 1 is 1.21 bits per heavy atom. The topological polar surface area (TPSA) is 140 Å². The van der Waals surface area contributed by atoms with Crippen LogP contribution in [0.2, 0.25) is 0 Å². The molecule has 210 valence electrons. The van der Waals surface area contributed by atoms with Crippen molar-refractivity contribution in [1.29, 1.82) is 0 Å². The van der Waals surface area contributed by atoms with Gasteiger partial charge in [-0.15, -0.1) is 0 Å². The normalized spacial score (nSPS) is 29.2. The van der Waals surface area contributed by atoms with E-state index >= 15 is 0 Å². The van der Waals surface area contributed by atoms with Gasteiger partial charge in [0.05, 0.1) is 17.7 Å². The molecule has 0 unspecified atom stereocenters. The number of rotatable bonds is 6. The first-order valence-corrected chi connectivity index (χ1v) is 14.2. The predicted molar refractivity (Wildman–Crippen MR) is 151 cm³/mol. The number of aliphatic imine (C=N–C) groups is 1. The van der Waals surface area contributed by atoms with Crippen molar-refractivity contribution in [2.45, 2.75) is 76.9 Å². The average molecular weight is 536 g/mol. The average Bonchev–Trinajstić information content (AvgIpc) is 3.57. The molecule has 4 N–H and O–H groups in total. The molecule has 0 bridgehead atoms. The first-order valence-electron chi connectivity index (χ1n) is 14.2. The van der Waals surface area contributed by atoms with Crippen LogP contribution in [0.3, 0.4) is 0 Å². The molecule has 39 heavy (non-hydrogen) atoms. The van der Waals surface area contributed by atoms with E-state index in [0.717, 1.165) is 49.9 Å². The molecule has 1 aromatic heterocycles. The molecule has 1 aromatic rings. The molecule has 3 fully saturated rings. The van der Waals surface area contributed by atoms with E-state index in [1.54, 1.807) is 19.3 Å². The van der Waals surface area contributed by atoms with Gasteiger partial charge in [0.15, 0.2) is 0 Å². The van der Waals surface area contributed by atoms with Gasteiger partial charge in [-0.25, -0.2) is 4.98 Å². The molecular weight excluding hydrogens is 494 g/mol. The zero-order valence-electron chi connectivity index (χ0n) is 23.4. The van der Waals surface area contributed by atoms with Crippen LogP contribution in [0.1, 0.15) is 75.3 Å². The van der Waals surface area contributed by atoms with E-state index < -0.39 is 5.41 Å². The van der Waals surface area contributed by atoms with Gasteiger partial charge in [0.1, 0.15) is 17.7 Å². The summed E-state index contributed by atoms with van der Waals surface area (Å²) in [5.74, 6) is 0.823. The summed E-state index contributed by atoms with van der Waals surface area (Å²) in [7, 11) is 3.85. The van der Waals surface area contributed by atoms with Gasteiger partial charge in [0, 0.05) is 55.2 Å². The van der Waals surface area contributed by atoms with Gasteiger partial charge in [0.25, 0.3) is 0 Å². The summed E-state index contributed by atoms with van der Waals surface area (Å²) in [6, 6.07) is 2.06. The molecule has 5 rings (SSSR count). The van der Waals surface area contributed by atoms with Crippen LogP contribution in [-0.2, 0) is 4.79 Å². The van der Waals surface area contributed by atoms with Gasteiger partial charge >= 0.3 is 0 Å². The van der Waals surface area contributed by atoms with E-state index in [-0.39, 0.29) is 29.5 Å². The Labute approximate surface area is 230 Å². The lowest BCUT2D eigenvalue weighted by Crippen LogP contribution is -2.42. The van der Waals surface area contributed by atoms with Crippen molar-refractivity contribution in [3.63, 3.8) is 0 Å². The fourth-order valence-corrected chi connectivity index (χ4v) is 6.83.